The van der Waals surface area contributed by atoms with Crippen molar-refractivity contribution >= 4 is 12.1 Å². The third-order valence-electron chi connectivity index (χ3n) is 3.37. The van der Waals surface area contributed by atoms with Gasteiger partial charge in [-0.2, -0.15) is 0 Å². The quantitative estimate of drug-likeness (QED) is 0.879. The molecule has 0 aliphatic rings. The summed E-state index contributed by atoms with van der Waals surface area (Å²) >= 11 is 0. The number of carbonyl (C=O) groups is 1. The summed E-state index contributed by atoms with van der Waals surface area (Å²) in [6.45, 7) is 4.60. The summed E-state index contributed by atoms with van der Waals surface area (Å²) in [6, 6.07) is 15.8. The fraction of sp³-hybridized carbons (Fsp3) is 0.167. The predicted octanol–water partition coefficient (Wildman–Crippen LogP) is 3.77. The molecule has 0 unspecified atom stereocenters. The lowest BCUT2D eigenvalue weighted by Crippen LogP contribution is -2.31. The zero-order valence-corrected chi connectivity index (χ0v) is 12.4. The van der Waals surface area contributed by atoms with Gasteiger partial charge < -0.3 is 10.6 Å². The van der Waals surface area contributed by atoms with Crippen LogP contribution in [0.25, 0.3) is 6.08 Å². The second-order valence-corrected chi connectivity index (χ2v) is 4.94. The van der Waals surface area contributed by atoms with Gasteiger partial charge in [0.1, 0.15) is 0 Å². The Morgan fingerprint density at radius 2 is 1.67 bits per heavy atom. The van der Waals surface area contributed by atoms with E-state index in [1.807, 2.05) is 68.5 Å². The second kappa shape index (κ2) is 7.29. The van der Waals surface area contributed by atoms with E-state index in [-0.39, 0.29) is 6.03 Å². The van der Waals surface area contributed by atoms with Crippen LogP contribution in [0, 0.1) is 13.8 Å². The summed E-state index contributed by atoms with van der Waals surface area (Å²) < 4.78 is 0. The second-order valence-electron chi connectivity index (χ2n) is 4.94. The molecule has 2 rings (SSSR count). The minimum Gasteiger partial charge on any atom is -0.334 e. The lowest BCUT2D eigenvalue weighted by molar-refractivity contribution is 0.244. The highest BCUT2D eigenvalue weighted by atomic mass is 16.2. The number of hydrogen-bond donors (Lipinski definition) is 2. The van der Waals surface area contributed by atoms with Crippen LogP contribution in [-0.4, -0.2) is 6.03 Å². The molecule has 0 aliphatic heterocycles. The van der Waals surface area contributed by atoms with Crippen molar-refractivity contribution in [2.75, 3.05) is 0 Å². The average Bonchev–Trinajstić information content (AvgIpc) is 2.48. The highest BCUT2D eigenvalue weighted by molar-refractivity contribution is 5.76. The summed E-state index contributed by atoms with van der Waals surface area (Å²) in [4.78, 5) is 11.7. The maximum atomic E-state index is 11.7. The first-order valence-electron chi connectivity index (χ1n) is 6.98. The topological polar surface area (TPSA) is 41.1 Å². The van der Waals surface area contributed by atoms with Crippen molar-refractivity contribution in [2.24, 2.45) is 0 Å². The predicted molar refractivity (Wildman–Crippen MR) is 86.8 cm³/mol. The number of carbonyl (C=O) groups excluding carboxylic acids is 1. The van der Waals surface area contributed by atoms with Crippen LogP contribution in [0.3, 0.4) is 0 Å². The molecule has 0 aromatic heterocycles. The van der Waals surface area contributed by atoms with Gasteiger partial charge in [0.25, 0.3) is 0 Å². The van der Waals surface area contributed by atoms with E-state index in [9.17, 15) is 4.79 Å². The maximum absolute atomic E-state index is 11.7. The lowest BCUT2D eigenvalue weighted by Gasteiger charge is -2.07. The van der Waals surface area contributed by atoms with Gasteiger partial charge in [0.05, 0.1) is 0 Å². The van der Waals surface area contributed by atoms with Crippen molar-refractivity contribution in [1.82, 2.24) is 10.6 Å². The highest BCUT2D eigenvalue weighted by Gasteiger charge is 2.00. The van der Waals surface area contributed by atoms with E-state index in [4.69, 9.17) is 0 Å². The van der Waals surface area contributed by atoms with Crippen molar-refractivity contribution in [3.63, 3.8) is 0 Å². The molecular formula is C18H20N2O. The molecule has 0 bridgehead atoms. The summed E-state index contributed by atoms with van der Waals surface area (Å²) in [5.41, 5.74) is 4.57. The molecule has 21 heavy (non-hydrogen) atoms. The van der Waals surface area contributed by atoms with Gasteiger partial charge in [0, 0.05) is 12.7 Å². The molecule has 0 saturated carbocycles. The monoisotopic (exact) mass is 280 g/mol. The van der Waals surface area contributed by atoms with Crippen molar-refractivity contribution in [3.8, 4) is 0 Å². The van der Waals surface area contributed by atoms with Crippen LogP contribution in [-0.2, 0) is 6.54 Å². The molecular weight excluding hydrogens is 260 g/mol. The van der Waals surface area contributed by atoms with Crippen LogP contribution in [0.5, 0.6) is 0 Å². The standard InChI is InChI=1S/C18H20N2O/c1-14-7-3-5-9-16(14)11-12-19-18(21)20-13-17-10-6-4-8-15(17)2/h3-12H,13H2,1-2H3,(H2,19,20,21)/b12-11+. The molecule has 2 aromatic rings. The van der Waals surface area contributed by atoms with E-state index < -0.39 is 0 Å². The zero-order valence-electron chi connectivity index (χ0n) is 12.4. The minimum absolute atomic E-state index is 0.205. The fourth-order valence-electron chi connectivity index (χ4n) is 2.02. The Hall–Kier alpha value is -2.55. The Kier molecular flexibility index (Phi) is 5.16. The number of benzene rings is 2. The first-order valence-corrected chi connectivity index (χ1v) is 6.98. The van der Waals surface area contributed by atoms with Crippen molar-refractivity contribution in [1.29, 1.82) is 0 Å². The average molecular weight is 280 g/mol. The third kappa shape index (κ3) is 4.49. The zero-order chi connectivity index (χ0) is 15.1. The smallest absolute Gasteiger partial charge is 0.319 e. The SMILES string of the molecule is Cc1ccccc1/C=C/NC(=O)NCc1ccccc1C. The Labute approximate surface area is 125 Å². The van der Waals surface area contributed by atoms with Gasteiger partial charge in [0.2, 0.25) is 0 Å². The van der Waals surface area contributed by atoms with Gasteiger partial charge in [0.15, 0.2) is 0 Å². The lowest BCUT2D eigenvalue weighted by atomic mass is 10.1. The Balaban J connectivity index is 1.83. The van der Waals surface area contributed by atoms with E-state index >= 15 is 0 Å². The van der Waals surface area contributed by atoms with Crippen LogP contribution in [0.2, 0.25) is 0 Å². The van der Waals surface area contributed by atoms with Gasteiger partial charge in [-0.1, -0.05) is 48.5 Å². The van der Waals surface area contributed by atoms with Crippen LogP contribution < -0.4 is 10.6 Å². The number of urea groups is 1. The molecule has 0 atom stereocenters. The Morgan fingerprint density at radius 3 is 2.38 bits per heavy atom. The van der Waals surface area contributed by atoms with Crippen LogP contribution in [0.15, 0.2) is 54.7 Å². The molecule has 0 radical (unpaired) electrons. The molecule has 0 saturated heterocycles. The number of nitrogens with one attached hydrogen (secondary N) is 2. The van der Waals surface area contributed by atoms with Crippen molar-refractivity contribution in [3.05, 3.63) is 77.0 Å². The summed E-state index contributed by atoms with van der Waals surface area (Å²) in [7, 11) is 0. The third-order valence-corrected chi connectivity index (χ3v) is 3.37. The fourth-order valence-corrected chi connectivity index (χ4v) is 2.02. The largest absolute Gasteiger partial charge is 0.334 e. The van der Waals surface area contributed by atoms with E-state index in [1.165, 1.54) is 11.1 Å². The first kappa shape index (κ1) is 14.9. The van der Waals surface area contributed by atoms with Gasteiger partial charge in [-0.3, -0.25) is 0 Å². The van der Waals surface area contributed by atoms with Gasteiger partial charge in [-0.05, 0) is 42.2 Å². The van der Waals surface area contributed by atoms with Crippen molar-refractivity contribution in [2.45, 2.75) is 20.4 Å². The number of amides is 2. The van der Waals surface area contributed by atoms with Crippen molar-refractivity contribution < 1.29 is 4.79 Å². The Bertz CT molecular complexity index is 647. The maximum Gasteiger partial charge on any atom is 0.319 e. The molecule has 108 valence electrons. The highest BCUT2D eigenvalue weighted by Crippen LogP contribution is 2.08. The van der Waals surface area contributed by atoms with Crippen LogP contribution in [0.4, 0.5) is 4.79 Å². The van der Waals surface area contributed by atoms with E-state index in [0.717, 1.165) is 11.1 Å². The molecule has 0 fully saturated rings. The molecule has 3 heteroatoms. The number of aryl methyl sites for hydroxylation is 2. The number of hydrogen-bond acceptors (Lipinski definition) is 1. The Morgan fingerprint density at radius 1 is 1.00 bits per heavy atom. The normalized spacial score (nSPS) is 10.6. The van der Waals surface area contributed by atoms with Gasteiger partial charge in [-0.25, -0.2) is 4.79 Å². The molecule has 2 amide bonds. The first-order chi connectivity index (χ1) is 10.2. The number of rotatable bonds is 4. The molecule has 3 nitrogen and oxygen atoms in total. The molecule has 0 heterocycles. The summed E-state index contributed by atoms with van der Waals surface area (Å²) in [6.07, 6.45) is 3.55. The van der Waals surface area contributed by atoms with Gasteiger partial charge >= 0.3 is 6.03 Å². The van der Waals surface area contributed by atoms with E-state index in [0.29, 0.717) is 6.54 Å². The molecule has 0 spiro atoms. The molecule has 0 aliphatic carbocycles. The van der Waals surface area contributed by atoms with E-state index in [1.54, 1.807) is 6.20 Å². The van der Waals surface area contributed by atoms with Gasteiger partial charge in [-0.15, -0.1) is 0 Å². The van der Waals surface area contributed by atoms with Crippen LogP contribution >= 0.6 is 0 Å². The van der Waals surface area contributed by atoms with Crippen LogP contribution in [0.1, 0.15) is 22.3 Å². The minimum atomic E-state index is -0.205. The van der Waals surface area contributed by atoms with E-state index in [2.05, 4.69) is 10.6 Å². The summed E-state index contributed by atoms with van der Waals surface area (Å²) in [5.74, 6) is 0. The molecule has 2 N–H and O–H groups in total. The molecule has 2 aromatic carbocycles. The summed E-state index contributed by atoms with van der Waals surface area (Å²) in [5, 5.41) is 5.56.